The molecule has 4 heterocycles. The molecule has 0 radical (unpaired) electrons. The van der Waals surface area contributed by atoms with Crippen molar-refractivity contribution in [2.75, 3.05) is 18.3 Å². The van der Waals surface area contributed by atoms with E-state index in [4.69, 9.17) is 9.47 Å². The molecule has 0 bridgehead atoms. The van der Waals surface area contributed by atoms with Crippen LogP contribution in [0, 0.1) is 0 Å². The molecule has 1 aromatic carbocycles. The smallest absolute Gasteiger partial charge is 0.264 e. The van der Waals surface area contributed by atoms with E-state index in [0.29, 0.717) is 23.6 Å². The van der Waals surface area contributed by atoms with Crippen LogP contribution in [0.5, 0.6) is 11.5 Å². The van der Waals surface area contributed by atoms with Gasteiger partial charge in [0.25, 0.3) is 5.56 Å². The monoisotopic (exact) mass is 445 g/mol. The molecule has 1 unspecified atom stereocenters. The lowest BCUT2D eigenvalue weighted by molar-refractivity contribution is -0.121. The summed E-state index contributed by atoms with van der Waals surface area (Å²) in [6.07, 6.45) is 3.09. The molecule has 2 aliphatic heterocycles. The van der Waals surface area contributed by atoms with Crippen molar-refractivity contribution < 1.29 is 22.7 Å². The number of nitrogens with one attached hydrogen (secondary N) is 1. The molecule has 11 nitrogen and oxygen atoms in total. The van der Waals surface area contributed by atoms with Gasteiger partial charge < -0.3 is 14.8 Å². The Hall–Kier alpha value is -3.41. The number of benzene rings is 1. The first-order valence-electron chi connectivity index (χ1n) is 9.68. The molecule has 2 aromatic heterocycles. The van der Waals surface area contributed by atoms with Crippen LogP contribution in [0.2, 0.25) is 0 Å². The Morgan fingerprint density at radius 2 is 2.10 bits per heavy atom. The average Bonchev–Trinajstić information content (AvgIpc) is 3.46. The van der Waals surface area contributed by atoms with E-state index in [0.717, 1.165) is 5.56 Å². The van der Waals surface area contributed by atoms with Gasteiger partial charge in [-0.2, -0.15) is 5.10 Å². The number of rotatable bonds is 5. The maximum Gasteiger partial charge on any atom is 0.264 e. The predicted molar refractivity (Wildman–Crippen MR) is 109 cm³/mol. The fourth-order valence-corrected chi connectivity index (χ4v) is 5.47. The van der Waals surface area contributed by atoms with Gasteiger partial charge in [-0.25, -0.2) is 18.1 Å². The second-order valence-electron chi connectivity index (χ2n) is 7.53. The summed E-state index contributed by atoms with van der Waals surface area (Å²) in [4.78, 5) is 29.4. The largest absolute Gasteiger partial charge is 0.454 e. The minimum Gasteiger partial charge on any atom is -0.454 e. The number of carbonyl (C=O) groups excluding carboxylic acids is 1. The molecular formula is C19H19N5O6S. The van der Waals surface area contributed by atoms with Crippen molar-refractivity contribution >= 4 is 26.8 Å². The topological polar surface area (TPSA) is 134 Å². The highest BCUT2D eigenvalue weighted by Crippen LogP contribution is 2.32. The van der Waals surface area contributed by atoms with Crippen molar-refractivity contribution in [3.05, 3.63) is 46.6 Å². The summed E-state index contributed by atoms with van der Waals surface area (Å²) >= 11 is 0. The maximum absolute atomic E-state index is 12.8. The van der Waals surface area contributed by atoms with Gasteiger partial charge in [-0.15, -0.1) is 0 Å². The number of ether oxygens (including phenoxy) is 2. The van der Waals surface area contributed by atoms with Crippen molar-refractivity contribution in [1.82, 2.24) is 24.6 Å². The Kier molecular flexibility index (Phi) is 4.65. The van der Waals surface area contributed by atoms with Crippen molar-refractivity contribution in [2.45, 2.75) is 25.6 Å². The third kappa shape index (κ3) is 3.74. The molecule has 1 saturated heterocycles. The minimum absolute atomic E-state index is 0.0171. The van der Waals surface area contributed by atoms with Crippen LogP contribution in [0.25, 0.3) is 11.0 Å². The Balaban J connectivity index is 1.29. The van der Waals surface area contributed by atoms with E-state index >= 15 is 0 Å². The van der Waals surface area contributed by atoms with Gasteiger partial charge >= 0.3 is 0 Å². The summed E-state index contributed by atoms with van der Waals surface area (Å²) in [5, 5.41) is 7.19. The summed E-state index contributed by atoms with van der Waals surface area (Å²) in [5.41, 5.74) is 0.755. The van der Waals surface area contributed by atoms with Crippen LogP contribution in [-0.4, -0.2) is 52.0 Å². The standard InChI is InChI=1S/C19H19N5O6S/c25-17(20-6-12-1-2-15-16(5-12)30-11-29-15)8-23-10-21-18-14(19(23)26)7-22-24(18)13-3-4-31(27,28)9-13/h1-2,5,7,10,13H,3-4,6,8-9,11H2,(H,20,25). The fraction of sp³-hybridized carbons (Fsp3) is 0.368. The zero-order valence-electron chi connectivity index (χ0n) is 16.4. The Morgan fingerprint density at radius 1 is 1.26 bits per heavy atom. The minimum atomic E-state index is -3.10. The zero-order chi connectivity index (χ0) is 21.6. The number of aromatic nitrogens is 4. The van der Waals surface area contributed by atoms with E-state index < -0.39 is 15.4 Å². The number of fused-ring (bicyclic) bond motifs is 2. The first kappa shape index (κ1) is 19.5. The third-order valence-corrected chi connectivity index (χ3v) is 7.13. The molecule has 1 fully saturated rings. The van der Waals surface area contributed by atoms with E-state index in [1.54, 1.807) is 12.1 Å². The van der Waals surface area contributed by atoms with Crippen LogP contribution in [0.4, 0.5) is 0 Å². The van der Waals surface area contributed by atoms with Crippen molar-refractivity contribution in [2.24, 2.45) is 0 Å². The van der Waals surface area contributed by atoms with E-state index in [1.807, 2.05) is 6.07 Å². The molecule has 1 N–H and O–H groups in total. The summed E-state index contributed by atoms with van der Waals surface area (Å²) in [7, 11) is -3.10. The molecule has 0 aliphatic carbocycles. The first-order chi connectivity index (χ1) is 14.9. The quantitative estimate of drug-likeness (QED) is 0.580. The summed E-state index contributed by atoms with van der Waals surface area (Å²) < 4.78 is 36.8. The summed E-state index contributed by atoms with van der Waals surface area (Å²) in [5.74, 6) is 1.02. The molecule has 1 atom stereocenters. The maximum atomic E-state index is 12.8. The zero-order valence-corrected chi connectivity index (χ0v) is 17.2. The number of amides is 1. The molecule has 0 spiro atoms. The van der Waals surface area contributed by atoms with E-state index in [2.05, 4.69) is 15.4 Å². The van der Waals surface area contributed by atoms with E-state index in [-0.39, 0.29) is 48.7 Å². The summed E-state index contributed by atoms with van der Waals surface area (Å²) in [6.45, 7) is 0.250. The second-order valence-corrected chi connectivity index (χ2v) is 9.75. The van der Waals surface area contributed by atoms with Crippen LogP contribution < -0.4 is 20.3 Å². The number of hydrogen-bond acceptors (Lipinski definition) is 8. The lowest BCUT2D eigenvalue weighted by atomic mass is 10.2. The summed E-state index contributed by atoms with van der Waals surface area (Å²) in [6, 6.07) is 5.06. The van der Waals surface area contributed by atoms with Gasteiger partial charge in [0.2, 0.25) is 12.7 Å². The molecule has 3 aromatic rings. The highest BCUT2D eigenvalue weighted by atomic mass is 32.2. The molecule has 162 valence electrons. The number of nitrogens with zero attached hydrogens (tertiary/aromatic N) is 4. The second kappa shape index (κ2) is 7.38. The number of carbonyl (C=O) groups is 1. The van der Waals surface area contributed by atoms with E-state index in [9.17, 15) is 18.0 Å². The average molecular weight is 445 g/mol. The molecule has 31 heavy (non-hydrogen) atoms. The van der Waals surface area contributed by atoms with Crippen LogP contribution in [0.1, 0.15) is 18.0 Å². The van der Waals surface area contributed by atoms with Crippen molar-refractivity contribution in [3.8, 4) is 11.5 Å². The Morgan fingerprint density at radius 3 is 2.90 bits per heavy atom. The van der Waals surface area contributed by atoms with Crippen LogP contribution >= 0.6 is 0 Å². The molecule has 5 rings (SSSR count). The van der Waals surface area contributed by atoms with E-state index in [1.165, 1.54) is 21.8 Å². The molecule has 1 amide bonds. The van der Waals surface area contributed by atoms with Gasteiger partial charge in [-0.3, -0.25) is 14.2 Å². The highest BCUT2D eigenvalue weighted by Gasteiger charge is 2.31. The van der Waals surface area contributed by atoms with Gasteiger partial charge in [0, 0.05) is 6.54 Å². The van der Waals surface area contributed by atoms with Crippen LogP contribution in [0.3, 0.4) is 0 Å². The predicted octanol–water partition coefficient (Wildman–Crippen LogP) is -0.00230. The number of hydrogen-bond donors (Lipinski definition) is 1. The molecule has 0 saturated carbocycles. The van der Waals surface area contributed by atoms with Crippen LogP contribution in [0.15, 0.2) is 35.5 Å². The Bertz CT molecular complexity index is 1350. The fourth-order valence-electron chi connectivity index (χ4n) is 3.78. The molecule has 12 heteroatoms. The first-order valence-corrected chi connectivity index (χ1v) is 11.5. The van der Waals surface area contributed by atoms with Crippen molar-refractivity contribution in [3.63, 3.8) is 0 Å². The normalized spacial score (nSPS) is 19.0. The lowest BCUT2D eigenvalue weighted by Crippen LogP contribution is -2.32. The number of sulfone groups is 1. The van der Waals surface area contributed by atoms with Gasteiger partial charge in [-0.05, 0) is 24.1 Å². The van der Waals surface area contributed by atoms with Gasteiger partial charge in [0.15, 0.2) is 27.0 Å². The molecular weight excluding hydrogens is 426 g/mol. The van der Waals surface area contributed by atoms with Crippen LogP contribution in [-0.2, 0) is 27.7 Å². The van der Waals surface area contributed by atoms with Gasteiger partial charge in [0.05, 0.1) is 23.7 Å². The van der Waals surface area contributed by atoms with Gasteiger partial charge in [0.1, 0.15) is 18.3 Å². The van der Waals surface area contributed by atoms with Crippen molar-refractivity contribution in [1.29, 1.82) is 0 Å². The molecule has 2 aliphatic rings. The SMILES string of the molecule is O=C(Cn1cnc2c(cnn2C2CCS(=O)(=O)C2)c1=O)NCc1ccc2c(c1)OCO2. The lowest BCUT2D eigenvalue weighted by Gasteiger charge is -2.10. The Labute approximate surface area is 176 Å². The highest BCUT2D eigenvalue weighted by molar-refractivity contribution is 7.91. The third-order valence-electron chi connectivity index (χ3n) is 5.37. The van der Waals surface area contributed by atoms with Gasteiger partial charge in [-0.1, -0.05) is 6.07 Å².